The van der Waals surface area contributed by atoms with E-state index in [0.29, 0.717) is 17.2 Å². The van der Waals surface area contributed by atoms with Crippen molar-refractivity contribution < 1.29 is 19.0 Å². The molecule has 2 aromatic rings. The molecular formula is C15H16FN3O3. The minimum Gasteiger partial charge on any atom is -0.478 e. The van der Waals surface area contributed by atoms with Crippen molar-refractivity contribution in [3.8, 4) is 5.88 Å². The summed E-state index contributed by atoms with van der Waals surface area (Å²) in [6, 6.07) is 2.29. The van der Waals surface area contributed by atoms with Crippen LogP contribution in [0.4, 0.5) is 10.2 Å². The van der Waals surface area contributed by atoms with Crippen LogP contribution in [0.15, 0.2) is 12.1 Å². The lowest BCUT2D eigenvalue weighted by Gasteiger charge is -2.28. The maximum Gasteiger partial charge on any atom is 0.338 e. The number of halogens is 1. The smallest absolute Gasteiger partial charge is 0.338 e. The predicted molar refractivity (Wildman–Crippen MR) is 79.1 cm³/mol. The number of piperidine rings is 1. The molecule has 22 heavy (non-hydrogen) atoms. The van der Waals surface area contributed by atoms with E-state index in [-0.39, 0.29) is 5.52 Å². The minimum absolute atomic E-state index is 0.278. The van der Waals surface area contributed by atoms with E-state index < -0.39 is 17.3 Å². The molecule has 0 aliphatic carbocycles. The third-order valence-electron chi connectivity index (χ3n) is 3.78. The van der Waals surface area contributed by atoms with Gasteiger partial charge in [-0.1, -0.05) is 0 Å². The Kier molecular flexibility index (Phi) is 3.79. The van der Waals surface area contributed by atoms with Gasteiger partial charge in [-0.15, -0.1) is 0 Å². The van der Waals surface area contributed by atoms with Gasteiger partial charge in [-0.2, -0.15) is 0 Å². The molecular weight excluding hydrogens is 289 g/mol. The molecule has 0 bridgehead atoms. The molecule has 3 rings (SSSR count). The van der Waals surface area contributed by atoms with Gasteiger partial charge in [-0.3, -0.25) is 0 Å². The van der Waals surface area contributed by atoms with Crippen molar-refractivity contribution in [3.05, 3.63) is 23.5 Å². The highest BCUT2D eigenvalue weighted by Crippen LogP contribution is 2.29. The van der Waals surface area contributed by atoms with E-state index >= 15 is 0 Å². The number of nitrogens with zero attached hydrogens (tertiary/aromatic N) is 3. The Balaban J connectivity index is 2.14. The number of aromatic nitrogens is 2. The number of anilines is 1. The number of hydrogen-bond acceptors (Lipinski definition) is 5. The number of ether oxygens (including phenoxy) is 1. The van der Waals surface area contributed by atoms with Crippen LogP contribution < -0.4 is 9.64 Å². The molecule has 7 heteroatoms. The van der Waals surface area contributed by atoms with Crippen LogP contribution in [0.1, 0.15) is 29.6 Å². The number of hydrogen-bond donors (Lipinski definition) is 1. The molecule has 1 aromatic heterocycles. The van der Waals surface area contributed by atoms with Crippen molar-refractivity contribution >= 4 is 22.8 Å². The van der Waals surface area contributed by atoms with Gasteiger partial charge in [0.15, 0.2) is 5.82 Å². The number of carboxylic acid groups (broad SMARTS) is 1. The van der Waals surface area contributed by atoms with Crippen LogP contribution in [-0.4, -0.2) is 41.2 Å². The lowest BCUT2D eigenvalue weighted by atomic mass is 10.1. The number of aromatic carboxylic acids is 1. The second kappa shape index (κ2) is 5.75. The molecule has 1 fully saturated rings. The van der Waals surface area contributed by atoms with Crippen molar-refractivity contribution in [1.29, 1.82) is 0 Å². The average Bonchev–Trinajstić information content (AvgIpc) is 2.53. The maximum atomic E-state index is 13.8. The summed E-state index contributed by atoms with van der Waals surface area (Å²) >= 11 is 0. The summed E-state index contributed by atoms with van der Waals surface area (Å²) in [5.74, 6) is -1.24. The zero-order valence-corrected chi connectivity index (χ0v) is 12.2. The fourth-order valence-corrected chi connectivity index (χ4v) is 2.66. The first-order valence-electron chi connectivity index (χ1n) is 7.13. The minimum atomic E-state index is -1.32. The molecule has 0 amide bonds. The highest BCUT2D eigenvalue weighted by atomic mass is 19.1. The lowest BCUT2D eigenvalue weighted by molar-refractivity contribution is 0.0692. The lowest BCUT2D eigenvalue weighted by Crippen LogP contribution is -2.30. The summed E-state index contributed by atoms with van der Waals surface area (Å²) in [5, 5.41) is 9.02. The first kappa shape index (κ1) is 14.5. The number of carbonyl (C=O) groups is 1. The van der Waals surface area contributed by atoms with E-state index in [1.807, 2.05) is 0 Å². The van der Waals surface area contributed by atoms with Crippen molar-refractivity contribution in [2.75, 3.05) is 25.1 Å². The Morgan fingerprint density at radius 2 is 1.91 bits per heavy atom. The number of methoxy groups -OCH3 is 1. The second-order valence-electron chi connectivity index (χ2n) is 5.23. The summed E-state index contributed by atoms with van der Waals surface area (Å²) in [4.78, 5) is 21.9. The molecule has 0 spiro atoms. The van der Waals surface area contributed by atoms with Crippen LogP contribution in [0.5, 0.6) is 5.88 Å². The number of fused-ring (bicyclic) bond motifs is 1. The molecule has 0 atom stereocenters. The van der Waals surface area contributed by atoms with Crippen LogP contribution in [0.2, 0.25) is 0 Å². The van der Waals surface area contributed by atoms with E-state index in [4.69, 9.17) is 9.84 Å². The van der Waals surface area contributed by atoms with Gasteiger partial charge >= 0.3 is 5.97 Å². The Morgan fingerprint density at radius 3 is 2.55 bits per heavy atom. The molecule has 1 aliphatic heterocycles. The molecule has 2 heterocycles. The average molecular weight is 305 g/mol. The number of benzene rings is 1. The third-order valence-corrected chi connectivity index (χ3v) is 3.78. The normalized spacial score (nSPS) is 15.1. The van der Waals surface area contributed by atoms with Crippen molar-refractivity contribution in [2.45, 2.75) is 19.3 Å². The summed E-state index contributed by atoms with van der Waals surface area (Å²) < 4.78 is 19.0. The SMILES string of the molecule is COc1nc2cc(F)c(C(=O)O)cc2nc1N1CCCCC1. The zero-order chi connectivity index (χ0) is 15.7. The van der Waals surface area contributed by atoms with Gasteiger partial charge in [0.1, 0.15) is 5.82 Å². The molecule has 116 valence electrons. The van der Waals surface area contributed by atoms with Crippen molar-refractivity contribution in [2.24, 2.45) is 0 Å². The summed E-state index contributed by atoms with van der Waals surface area (Å²) in [6.07, 6.45) is 3.30. The van der Waals surface area contributed by atoms with Gasteiger partial charge in [0, 0.05) is 19.2 Å². The monoisotopic (exact) mass is 305 g/mol. The fraction of sp³-hybridized carbons (Fsp3) is 0.400. The van der Waals surface area contributed by atoms with Crippen LogP contribution in [0, 0.1) is 5.82 Å². The molecule has 1 saturated heterocycles. The zero-order valence-electron chi connectivity index (χ0n) is 12.2. The number of rotatable bonds is 3. The summed E-state index contributed by atoms with van der Waals surface area (Å²) in [5.41, 5.74) is 0.219. The van der Waals surface area contributed by atoms with Gasteiger partial charge in [0.25, 0.3) is 5.88 Å². The molecule has 0 saturated carbocycles. The standard InChI is InChI=1S/C15H16FN3O3/c1-22-14-13(19-5-3-2-4-6-19)17-11-7-9(15(20)21)10(16)8-12(11)18-14/h7-8H,2-6H2,1H3,(H,20,21). The van der Waals surface area contributed by atoms with Crippen LogP contribution in [0.3, 0.4) is 0 Å². The van der Waals surface area contributed by atoms with Gasteiger partial charge in [-0.05, 0) is 25.3 Å². The molecule has 6 nitrogen and oxygen atoms in total. The Bertz CT molecular complexity index is 730. The van der Waals surface area contributed by atoms with Crippen molar-refractivity contribution in [1.82, 2.24) is 9.97 Å². The highest BCUT2D eigenvalue weighted by Gasteiger charge is 2.20. The Morgan fingerprint density at radius 1 is 1.23 bits per heavy atom. The molecule has 1 aliphatic rings. The summed E-state index contributed by atoms with van der Waals surface area (Å²) in [6.45, 7) is 1.70. The van der Waals surface area contributed by atoms with Crippen LogP contribution in [-0.2, 0) is 0 Å². The van der Waals surface area contributed by atoms with Crippen LogP contribution in [0.25, 0.3) is 11.0 Å². The van der Waals surface area contributed by atoms with Gasteiger partial charge < -0.3 is 14.7 Å². The van der Waals surface area contributed by atoms with E-state index in [2.05, 4.69) is 14.9 Å². The quantitative estimate of drug-likeness (QED) is 0.939. The van der Waals surface area contributed by atoms with Gasteiger partial charge in [0.05, 0.1) is 23.7 Å². The predicted octanol–water partition coefficient (Wildman–Crippen LogP) is 2.47. The van der Waals surface area contributed by atoms with E-state index in [9.17, 15) is 9.18 Å². The largest absolute Gasteiger partial charge is 0.478 e. The van der Waals surface area contributed by atoms with Crippen LogP contribution >= 0.6 is 0 Å². The molecule has 1 N–H and O–H groups in total. The highest BCUT2D eigenvalue weighted by molar-refractivity contribution is 5.93. The van der Waals surface area contributed by atoms with Gasteiger partial charge in [-0.25, -0.2) is 19.2 Å². The third kappa shape index (κ3) is 2.54. The molecule has 0 unspecified atom stereocenters. The first-order chi connectivity index (χ1) is 10.6. The van der Waals surface area contributed by atoms with E-state index in [1.165, 1.54) is 19.6 Å². The Labute approximate surface area is 126 Å². The van der Waals surface area contributed by atoms with Crippen molar-refractivity contribution in [3.63, 3.8) is 0 Å². The fourth-order valence-electron chi connectivity index (χ4n) is 2.66. The van der Waals surface area contributed by atoms with Gasteiger partial charge in [0.2, 0.25) is 0 Å². The summed E-state index contributed by atoms with van der Waals surface area (Å²) in [7, 11) is 1.49. The number of carboxylic acids is 1. The first-order valence-corrected chi connectivity index (χ1v) is 7.13. The van der Waals surface area contributed by atoms with E-state index in [0.717, 1.165) is 32.0 Å². The topological polar surface area (TPSA) is 75.5 Å². The second-order valence-corrected chi connectivity index (χ2v) is 5.23. The molecule has 0 radical (unpaired) electrons. The Hall–Kier alpha value is -2.44. The van der Waals surface area contributed by atoms with E-state index in [1.54, 1.807) is 0 Å². The maximum absolute atomic E-state index is 13.8. The molecule has 1 aromatic carbocycles.